The van der Waals surface area contributed by atoms with E-state index in [2.05, 4.69) is 22.3 Å². The Morgan fingerprint density at radius 3 is 2.22 bits per heavy atom. The van der Waals surface area contributed by atoms with Crippen molar-refractivity contribution in [1.29, 1.82) is 0 Å². The number of nitrogens with zero attached hydrogens (tertiary/aromatic N) is 1. The van der Waals surface area contributed by atoms with Gasteiger partial charge in [0, 0.05) is 12.1 Å². The molecule has 1 saturated heterocycles. The molecule has 1 atom stereocenters. The van der Waals surface area contributed by atoms with Crippen molar-refractivity contribution in [2.45, 2.75) is 38.6 Å². The van der Waals surface area contributed by atoms with Crippen LogP contribution in [0.2, 0.25) is 0 Å². The summed E-state index contributed by atoms with van der Waals surface area (Å²) < 4.78 is 5.30. The predicted molar refractivity (Wildman–Crippen MR) is 109 cm³/mol. The Balaban J connectivity index is 1.73. The molecular formula is C23H30N2O2. The van der Waals surface area contributed by atoms with E-state index >= 15 is 0 Å². The van der Waals surface area contributed by atoms with Crippen molar-refractivity contribution in [2.75, 3.05) is 26.7 Å². The number of ether oxygens (including phenoxy) is 1. The molecule has 0 radical (unpaired) electrons. The van der Waals surface area contributed by atoms with Crippen LogP contribution in [-0.4, -0.2) is 37.6 Å². The summed E-state index contributed by atoms with van der Waals surface area (Å²) in [7, 11) is 1.68. The summed E-state index contributed by atoms with van der Waals surface area (Å²) in [5.41, 5.74) is 3.10. The summed E-state index contributed by atoms with van der Waals surface area (Å²) in [5.74, 6) is 0.848. The Morgan fingerprint density at radius 1 is 1.00 bits per heavy atom. The van der Waals surface area contributed by atoms with Gasteiger partial charge in [-0.25, -0.2) is 0 Å². The highest BCUT2D eigenvalue weighted by Crippen LogP contribution is 2.25. The van der Waals surface area contributed by atoms with Crippen LogP contribution >= 0.6 is 0 Å². The lowest BCUT2D eigenvalue weighted by atomic mass is 10.0. The van der Waals surface area contributed by atoms with Gasteiger partial charge in [0.05, 0.1) is 13.2 Å². The first kappa shape index (κ1) is 19.4. The second-order valence-corrected chi connectivity index (χ2v) is 7.32. The summed E-state index contributed by atoms with van der Waals surface area (Å²) in [6.07, 6.45) is 5.03. The number of carbonyl (C=O) groups excluding carboxylic acids is 1. The average molecular weight is 367 g/mol. The van der Waals surface area contributed by atoms with Gasteiger partial charge in [0.25, 0.3) is 5.91 Å². The van der Waals surface area contributed by atoms with E-state index in [0.29, 0.717) is 12.1 Å². The number of hydrogen-bond donors (Lipinski definition) is 1. The number of benzene rings is 2. The number of likely N-dealkylation sites (tertiary alicyclic amines) is 1. The Morgan fingerprint density at radius 2 is 1.63 bits per heavy atom. The van der Waals surface area contributed by atoms with Crippen molar-refractivity contribution in [3.05, 3.63) is 65.2 Å². The number of methoxy groups -OCH3 is 1. The fraction of sp³-hybridized carbons (Fsp3) is 0.435. The topological polar surface area (TPSA) is 41.6 Å². The summed E-state index contributed by atoms with van der Waals surface area (Å²) in [5, 5.41) is 3.15. The van der Waals surface area contributed by atoms with Crippen LogP contribution in [0, 0.1) is 6.92 Å². The first-order valence-electron chi connectivity index (χ1n) is 9.90. The molecule has 0 aromatic heterocycles. The fourth-order valence-corrected chi connectivity index (χ4v) is 3.69. The van der Waals surface area contributed by atoms with E-state index in [9.17, 15) is 4.79 Å². The Bertz CT molecular complexity index is 717. The van der Waals surface area contributed by atoms with E-state index in [4.69, 9.17) is 4.74 Å². The molecule has 1 unspecified atom stereocenters. The quantitative estimate of drug-likeness (QED) is 0.826. The number of hydrogen-bond acceptors (Lipinski definition) is 3. The number of rotatable bonds is 6. The van der Waals surface area contributed by atoms with Crippen LogP contribution in [-0.2, 0) is 0 Å². The van der Waals surface area contributed by atoms with Crippen molar-refractivity contribution >= 4 is 5.91 Å². The third kappa shape index (κ3) is 5.33. The lowest BCUT2D eigenvalue weighted by Crippen LogP contribution is -2.38. The highest BCUT2D eigenvalue weighted by atomic mass is 16.5. The zero-order valence-electron chi connectivity index (χ0n) is 16.4. The standard InChI is InChI=1S/C23H30N2O2/c1-18-7-9-20(10-8-18)23(26)24-17-22(25-15-5-3-4-6-16-25)19-11-13-21(27-2)14-12-19/h7-14,22H,3-6,15-17H2,1-2H3,(H,24,26). The van der Waals surface area contributed by atoms with Gasteiger partial charge >= 0.3 is 0 Å². The van der Waals surface area contributed by atoms with Crippen LogP contribution in [0.15, 0.2) is 48.5 Å². The van der Waals surface area contributed by atoms with E-state index in [-0.39, 0.29) is 11.9 Å². The molecule has 0 saturated carbocycles. The summed E-state index contributed by atoms with van der Waals surface area (Å²) in [6, 6.07) is 16.2. The van der Waals surface area contributed by atoms with Crippen LogP contribution in [0.5, 0.6) is 5.75 Å². The molecule has 0 aliphatic carbocycles. The van der Waals surface area contributed by atoms with E-state index in [1.807, 2.05) is 43.3 Å². The van der Waals surface area contributed by atoms with Crippen molar-refractivity contribution in [3.63, 3.8) is 0 Å². The number of aryl methyl sites for hydroxylation is 1. The molecule has 0 spiro atoms. The van der Waals surface area contributed by atoms with Gasteiger partial charge in [0.1, 0.15) is 5.75 Å². The van der Waals surface area contributed by atoms with E-state index in [0.717, 1.165) is 24.4 Å². The van der Waals surface area contributed by atoms with Gasteiger partial charge in [-0.05, 0) is 62.7 Å². The lowest BCUT2D eigenvalue weighted by Gasteiger charge is -2.31. The van der Waals surface area contributed by atoms with Gasteiger partial charge in [0.2, 0.25) is 0 Å². The van der Waals surface area contributed by atoms with E-state index in [1.165, 1.54) is 31.2 Å². The van der Waals surface area contributed by atoms with Crippen LogP contribution in [0.25, 0.3) is 0 Å². The second-order valence-electron chi connectivity index (χ2n) is 7.32. The molecule has 4 nitrogen and oxygen atoms in total. The highest BCUT2D eigenvalue weighted by Gasteiger charge is 2.22. The number of carbonyl (C=O) groups is 1. The molecular weight excluding hydrogens is 336 g/mol. The fourth-order valence-electron chi connectivity index (χ4n) is 3.69. The maximum absolute atomic E-state index is 12.6. The molecule has 144 valence electrons. The van der Waals surface area contributed by atoms with Gasteiger partial charge in [-0.15, -0.1) is 0 Å². The average Bonchev–Trinajstić information content (AvgIpc) is 2.98. The number of amides is 1. The van der Waals surface area contributed by atoms with Gasteiger partial charge in [-0.3, -0.25) is 9.69 Å². The Labute approximate surface area is 162 Å². The van der Waals surface area contributed by atoms with Crippen LogP contribution in [0.3, 0.4) is 0 Å². The monoisotopic (exact) mass is 366 g/mol. The van der Waals surface area contributed by atoms with Crippen molar-refractivity contribution < 1.29 is 9.53 Å². The smallest absolute Gasteiger partial charge is 0.251 e. The van der Waals surface area contributed by atoms with Gasteiger partial charge in [0.15, 0.2) is 0 Å². The molecule has 1 amide bonds. The molecule has 0 bridgehead atoms. The molecule has 3 rings (SSSR count). The van der Waals surface area contributed by atoms with E-state index < -0.39 is 0 Å². The van der Waals surface area contributed by atoms with Gasteiger partial charge in [-0.2, -0.15) is 0 Å². The molecule has 2 aromatic rings. The normalized spacial score (nSPS) is 16.4. The number of nitrogens with one attached hydrogen (secondary N) is 1. The Kier molecular flexibility index (Phi) is 6.88. The lowest BCUT2D eigenvalue weighted by molar-refractivity contribution is 0.0933. The molecule has 1 aliphatic heterocycles. The molecule has 1 aliphatic rings. The van der Waals surface area contributed by atoms with Crippen LogP contribution in [0.1, 0.15) is 53.2 Å². The SMILES string of the molecule is COc1ccc(C(CNC(=O)c2ccc(C)cc2)N2CCCCCC2)cc1. The minimum Gasteiger partial charge on any atom is -0.497 e. The summed E-state index contributed by atoms with van der Waals surface area (Å²) >= 11 is 0. The van der Waals surface area contributed by atoms with Crippen molar-refractivity contribution in [1.82, 2.24) is 10.2 Å². The molecule has 1 N–H and O–H groups in total. The molecule has 27 heavy (non-hydrogen) atoms. The second kappa shape index (κ2) is 9.56. The maximum Gasteiger partial charge on any atom is 0.251 e. The highest BCUT2D eigenvalue weighted by molar-refractivity contribution is 5.94. The first-order valence-corrected chi connectivity index (χ1v) is 9.90. The minimum atomic E-state index is -0.0108. The molecule has 2 aromatic carbocycles. The van der Waals surface area contributed by atoms with Crippen LogP contribution in [0.4, 0.5) is 0 Å². The maximum atomic E-state index is 12.6. The zero-order chi connectivity index (χ0) is 19.1. The summed E-state index contributed by atoms with van der Waals surface area (Å²) in [6.45, 7) is 4.80. The largest absolute Gasteiger partial charge is 0.497 e. The third-order valence-corrected chi connectivity index (χ3v) is 5.35. The van der Waals surface area contributed by atoms with Gasteiger partial charge < -0.3 is 10.1 Å². The third-order valence-electron chi connectivity index (χ3n) is 5.35. The first-order chi connectivity index (χ1) is 13.2. The van der Waals surface area contributed by atoms with E-state index in [1.54, 1.807) is 7.11 Å². The molecule has 4 heteroatoms. The predicted octanol–water partition coefficient (Wildman–Crippen LogP) is 4.35. The van der Waals surface area contributed by atoms with Crippen molar-refractivity contribution in [3.8, 4) is 5.75 Å². The van der Waals surface area contributed by atoms with Crippen molar-refractivity contribution in [2.24, 2.45) is 0 Å². The van der Waals surface area contributed by atoms with Gasteiger partial charge in [-0.1, -0.05) is 42.7 Å². The Hall–Kier alpha value is -2.33. The molecule has 1 fully saturated rings. The molecule has 1 heterocycles. The summed E-state index contributed by atoms with van der Waals surface area (Å²) in [4.78, 5) is 15.1. The minimum absolute atomic E-state index is 0.0108. The van der Waals surface area contributed by atoms with Crippen LogP contribution < -0.4 is 10.1 Å². The zero-order valence-corrected chi connectivity index (χ0v) is 16.4.